The second kappa shape index (κ2) is 5.86. The van der Waals surface area contributed by atoms with Crippen LogP contribution in [0.3, 0.4) is 0 Å². The lowest BCUT2D eigenvalue weighted by Gasteiger charge is -2.10. The number of methoxy groups -OCH3 is 1. The molecule has 0 aliphatic carbocycles. The highest BCUT2D eigenvalue weighted by molar-refractivity contribution is 7.99. The SMILES string of the molecule is COC(=O)CSc1nc(C(C)C)cc(=O)n1C. The first-order chi connectivity index (χ1) is 7.95. The summed E-state index contributed by atoms with van der Waals surface area (Å²) < 4.78 is 5.97. The number of esters is 1. The number of carbonyl (C=O) groups is 1. The summed E-state index contributed by atoms with van der Waals surface area (Å²) >= 11 is 1.20. The van der Waals surface area contributed by atoms with E-state index in [1.54, 1.807) is 7.05 Å². The third-order valence-corrected chi connectivity index (χ3v) is 3.26. The Labute approximate surface area is 104 Å². The van der Waals surface area contributed by atoms with Crippen molar-refractivity contribution < 1.29 is 9.53 Å². The normalized spacial score (nSPS) is 10.6. The van der Waals surface area contributed by atoms with Gasteiger partial charge in [-0.1, -0.05) is 25.6 Å². The van der Waals surface area contributed by atoms with Gasteiger partial charge in [-0.15, -0.1) is 0 Å². The van der Waals surface area contributed by atoms with E-state index in [1.807, 2.05) is 13.8 Å². The highest BCUT2D eigenvalue weighted by Crippen LogP contribution is 2.17. The quantitative estimate of drug-likeness (QED) is 0.460. The van der Waals surface area contributed by atoms with E-state index in [0.717, 1.165) is 5.69 Å². The number of aromatic nitrogens is 2. The van der Waals surface area contributed by atoms with Crippen LogP contribution in [-0.4, -0.2) is 28.4 Å². The zero-order valence-electron chi connectivity index (χ0n) is 10.4. The predicted molar refractivity (Wildman–Crippen MR) is 66.3 cm³/mol. The minimum atomic E-state index is -0.334. The van der Waals surface area contributed by atoms with Gasteiger partial charge in [0.2, 0.25) is 0 Å². The molecule has 0 N–H and O–H groups in total. The standard InChI is InChI=1S/C11H16N2O3S/c1-7(2)8-5-9(14)13(3)11(12-8)17-6-10(15)16-4/h5,7H,6H2,1-4H3. The van der Waals surface area contributed by atoms with Gasteiger partial charge in [-0.3, -0.25) is 14.2 Å². The van der Waals surface area contributed by atoms with Gasteiger partial charge in [0.15, 0.2) is 5.16 Å². The fraction of sp³-hybridized carbons (Fsp3) is 0.545. The number of ether oxygens (including phenoxy) is 1. The Kier molecular flexibility index (Phi) is 4.74. The molecule has 0 radical (unpaired) electrons. The summed E-state index contributed by atoms with van der Waals surface area (Å²) in [5.41, 5.74) is 0.622. The van der Waals surface area contributed by atoms with Crippen LogP contribution in [-0.2, 0) is 16.6 Å². The van der Waals surface area contributed by atoms with Gasteiger partial charge in [0.1, 0.15) is 0 Å². The van der Waals surface area contributed by atoms with Gasteiger partial charge in [-0.2, -0.15) is 0 Å². The summed E-state index contributed by atoms with van der Waals surface area (Å²) in [5.74, 6) is -0.00113. The third kappa shape index (κ3) is 3.59. The van der Waals surface area contributed by atoms with E-state index in [9.17, 15) is 9.59 Å². The van der Waals surface area contributed by atoms with Gasteiger partial charge in [0, 0.05) is 13.1 Å². The molecule has 1 aromatic rings. The number of hydrogen-bond acceptors (Lipinski definition) is 5. The zero-order chi connectivity index (χ0) is 13.0. The zero-order valence-corrected chi connectivity index (χ0v) is 11.2. The van der Waals surface area contributed by atoms with Crippen LogP contribution in [0.1, 0.15) is 25.5 Å². The molecule has 1 heterocycles. The molecule has 0 aliphatic heterocycles. The van der Waals surface area contributed by atoms with Gasteiger partial charge >= 0.3 is 5.97 Å². The molecule has 1 rings (SSSR count). The predicted octanol–water partition coefficient (Wildman–Crippen LogP) is 1.17. The van der Waals surface area contributed by atoms with Crippen LogP contribution in [0.2, 0.25) is 0 Å². The maximum absolute atomic E-state index is 11.7. The molecule has 0 aromatic carbocycles. The largest absolute Gasteiger partial charge is 0.468 e. The average molecular weight is 256 g/mol. The number of carbonyl (C=O) groups excluding carboxylic acids is 1. The van der Waals surface area contributed by atoms with Gasteiger partial charge < -0.3 is 4.74 Å². The van der Waals surface area contributed by atoms with Crippen molar-refractivity contribution in [1.29, 1.82) is 0 Å². The van der Waals surface area contributed by atoms with Crippen molar-refractivity contribution in [2.45, 2.75) is 24.9 Å². The Morgan fingerprint density at radius 1 is 1.59 bits per heavy atom. The average Bonchev–Trinajstić information content (AvgIpc) is 2.30. The number of hydrogen-bond donors (Lipinski definition) is 0. The molecule has 17 heavy (non-hydrogen) atoms. The lowest BCUT2D eigenvalue weighted by atomic mass is 10.1. The first kappa shape index (κ1) is 13.8. The van der Waals surface area contributed by atoms with E-state index in [1.165, 1.54) is 29.5 Å². The van der Waals surface area contributed by atoms with Crippen molar-refractivity contribution in [1.82, 2.24) is 9.55 Å². The van der Waals surface area contributed by atoms with Crippen molar-refractivity contribution in [3.63, 3.8) is 0 Å². The molecule has 0 aliphatic rings. The molecular formula is C11H16N2O3S. The lowest BCUT2D eigenvalue weighted by molar-refractivity contribution is -0.137. The molecule has 0 unspecified atom stereocenters. The number of rotatable bonds is 4. The van der Waals surface area contributed by atoms with Crippen LogP contribution in [0, 0.1) is 0 Å². The molecule has 0 saturated carbocycles. The topological polar surface area (TPSA) is 61.2 Å². The highest BCUT2D eigenvalue weighted by atomic mass is 32.2. The second-order valence-electron chi connectivity index (χ2n) is 3.88. The molecule has 0 atom stereocenters. The summed E-state index contributed by atoms with van der Waals surface area (Å²) in [5, 5.41) is 0.534. The number of nitrogens with zero attached hydrogens (tertiary/aromatic N) is 2. The van der Waals surface area contributed by atoms with E-state index in [0.29, 0.717) is 5.16 Å². The van der Waals surface area contributed by atoms with Crippen molar-refractivity contribution in [3.05, 3.63) is 22.1 Å². The smallest absolute Gasteiger partial charge is 0.316 e. The summed E-state index contributed by atoms with van der Waals surface area (Å²) in [6.45, 7) is 3.94. The lowest BCUT2D eigenvalue weighted by Crippen LogP contribution is -2.21. The number of thioether (sulfide) groups is 1. The Hall–Kier alpha value is -1.30. The molecule has 94 valence electrons. The maximum Gasteiger partial charge on any atom is 0.316 e. The molecule has 0 amide bonds. The van der Waals surface area contributed by atoms with Crippen LogP contribution in [0.25, 0.3) is 0 Å². The van der Waals surface area contributed by atoms with E-state index in [4.69, 9.17) is 0 Å². The van der Waals surface area contributed by atoms with Gasteiger partial charge in [-0.25, -0.2) is 4.98 Å². The Balaban J connectivity index is 2.98. The maximum atomic E-state index is 11.7. The van der Waals surface area contributed by atoms with Crippen molar-refractivity contribution in [2.24, 2.45) is 7.05 Å². The molecule has 0 saturated heterocycles. The van der Waals surface area contributed by atoms with Crippen LogP contribution in [0.5, 0.6) is 0 Å². The van der Waals surface area contributed by atoms with Crippen molar-refractivity contribution >= 4 is 17.7 Å². The molecule has 5 nitrogen and oxygen atoms in total. The summed E-state index contributed by atoms with van der Waals surface area (Å²) in [4.78, 5) is 27.1. The van der Waals surface area contributed by atoms with Gasteiger partial charge in [-0.05, 0) is 5.92 Å². The Morgan fingerprint density at radius 3 is 2.76 bits per heavy atom. The van der Waals surface area contributed by atoms with Gasteiger partial charge in [0.05, 0.1) is 18.6 Å². The third-order valence-electron chi connectivity index (χ3n) is 2.25. The second-order valence-corrected chi connectivity index (χ2v) is 4.82. The fourth-order valence-electron chi connectivity index (χ4n) is 1.14. The Morgan fingerprint density at radius 2 is 2.24 bits per heavy atom. The highest BCUT2D eigenvalue weighted by Gasteiger charge is 2.11. The molecule has 0 fully saturated rings. The minimum absolute atomic E-state index is 0.115. The van der Waals surface area contributed by atoms with Gasteiger partial charge in [0.25, 0.3) is 5.56 Å². The molecule has 6 heteroatoms. The molecular weight excluding hydrogens is 240 g/mol. The minimum Gasteiger partial charge on any atom is -0.468 e. The van der Waals surface area contributed by atoms with E-state index in [2.05, 4.69) is 9.72 Å². The molecule has 1 aromatic heterocycles. The van der Waals surface area contributed by atoms with E-state index in [-0.39, 0.29) is 23.2 Å². The molecule has 0 spiro atoms. The Bertz CT molecular complexity index is 468. The van der Waals surface area contributed by atoms with Crippen LogP contribution in [0.15, 0.2) is 16.0 Å². The van der Waals surface area contributed by atoms with Crippen LogP contribution < -0.4 is 5.56 Å². The summed E-state index contributed by atoms with van der Waals surface area (Å²) in [7, 11) is 2.97. The first-order valence-electron chi connectivity index (χ1n) is 5.23. The molecule has 0 bridgehead atoms. The van der Waals surface area contributed by atoms with Crippen LogP contribution in [0.4, 0.5) is 0 Å². The first-order valence-corrected chi connectivity index (χ1v) is 6.21. The van der Waals surface area contributed by atoms with Crippen molar-refractivity contribution in [2.75, 3.05) is 12.9 Å². The van der Waals surface area contributed by atoms with Crippen molar-refractivity contribution in [3.8, 4) is 0 Å². The van der Waals surface area contributed by atoms with E-state index < -0.39 is 0 Å². The fourth-order valence-corrected chi connectivity index (χ4v) is 1.96. The van der Waals surface area contributed by atoms with Crippen LogP contribution >= 0.6 is 11.8 Å². The monoisotopic (exact) mass is 256 g/mol. The van der Waals surface area contributed by atoms with E-state index >= 15 is 0 Å². The summed E-state index contributed by atoms with van der Waals surface area (Å²) in [6, 6.07) is 1.52. The summed E-state index contributed by atoms with van der Waals surface area (Å²) in [6.07, 6.45) is 0.